The number of rotatable bonds is 4. The van der Waals surface area contributed by atoms with Crippen LogP contribution in [-0.2, 0) is 0 Å². The molecule has 2 heteroatoms. The molecule has 0 saturated carbocycles. The summed E-state index contributed by atoms with van der Waals surface area (Å²) in [5, 5.41) is 3.38. The fourth-order valence-electron chi connectivity index (χ4n) is 1.50. The van der Waals surface area contributed by atoms with Gasteiger partial charge in [0.25, 0.3) is 0 Å². The van der Waals surface area contributed by atoms with E-state index in [1.807, 2.05) is 6.08 Å². The Hall–Kier alpha value is -0.600. The number of likely N-dealkylation sites (N-methyl/N-ethyl adjacent to an activating group) is 1. The number of halogens is 1. The lowest BCUT2D eigenvalue weighted by Crippen LogP contribution is -2.19. The summed E-state index contributed by atoms with van der Waals surface area (Å²) >= 11 is 3.53. The molecule has 1 atom stereocenters. The average molecular weight is 254 g/mol. The zero-order valence-corrected chi connectivity index (χ0v) is 10.3. The van der Waals surface area contributed by atoms with Crippen LogP contribution >= 0.6 is 15.9 Å². The molecule has 0 heterocycles. The predicted molar refractivity (Wildman–Crippen MR) is 65.5 cm³/mol. The lowest BCUT2D eigenvalue weighted by atomic mass is 10.0. The highest BCUT2D eigenvalue weighted by Crippen LogP contribution is 2.24. The molecular formula is C12H16BrN. The van der Waals surface area contributed by atoms with E-state index in [0.717, 1.165) is 11.0 Å². The summed E-state index contributed by atoms with van der Waals surface area (Å²) in [6.45, 7) is 9.02. The van der Waals surface area contributed by atoms with E-state index in [1.165, 1.54) is 11.1 Å². The van der Waals surface area contributed by atoms with Gasteiger partial charge in [0.2, 0.25) is 0 Å². The first-order chi connectivity index (χ1) is 6.70. The van der Waals surface area contributed by atoms with Crippen LogP contribution in [0.3, 0.4) is 0 Å². The number of nitrogens with one attached hydrogen (secondary N) is 1. The third-order valence-electron chi connectivity index (χ3n) is 2.30. The van der Waals surface area contributed by atoms with Crippen LogP contribution in [0.15, 0.2) is 35.3 Å². The van der Waals surface area contributed by atoms with Gasteiger partial charge in [0.15, 0.2) is 0 Å². The average Bonchev–Trinajstić information content (AvgIpc) is 2.19. The summed E-state index contributed by atoms with van der Waals surface area (Å²) in [4.78, 5) is 0. The summed E-state index contributed by atoms with van der Waals surface area (Å²) in [5.41, 5.74) is 2.56. The maximum atomic E-state index is 3.85. The SMILES string of the molecule is C=CC(NCC)c1cccc(Br)c1C. The van der Waals surface area contributed by atoms with E-state index in [9.17, 15) is 0 Å². The highest BCUT2D eigenvalue weighted by molar-refractivity contribution is 9.10. The lowest BCUT2D eigenvalue weighted by Gasteiger charge is -2.17. The third kappa shape index (κ3) is 2.46. The molecule has 1 aromatic rings. The normalized spacial score (nSPS) is 12.5. The Balaban J connectivity index is 3.03. The summed E-state index contributed by atoms with van der Waals surface area (Å²) in [7, 11) is 0. The molecule has 14 heavy (non-hydrogen) atoms. The Morgan fingerprint density at radius 2 is 2.29 bits per heavy atom. The van der Waals surface area contributed by atoms with E-state index in [2.05, 4.69) is 59.9 Å². The van der Waals surface area contributed by atoms with E-state index in [1.54, 1.807) is 0 Å². The summed E-state index contributed by atoms with van der Waals surface area (Å²) in [6.07, 6.45) is 1.94. The van der Waals surface area contributed by atoms with Crippen LogP contribution in [0.1, 0.15) is 24.1 Å². The fraction of sp³-hybridized carbons (Fsp3) is 0.333. The van der Waals surface area contributed by atoms with Crippen molar-refractivity contribution in [2.45, 2.75) is 19.9 Å². The van der Waals surface area contributed by atoms with Crippen molar-refractivity contribution >= 4 is 15.9 Å². The summed E-state index contributed by atoms with van der Waals surface area (Å²) in [6, 6.07) is 6.50. The van der Waals surface area contributed by atoms with Crippen LogP contribution in [0.25, 0.3) is 0 Å². The van der Waals surface area contributed by atoms with E-state index in [0.29, 0.717) is 0 Å². The van der Waals surface area contributed by atoms with Crippen molar-refractivity contribution in [2.75, 3.05) is 6.54 Å². The molecule has 0 aliphatic carbocycles. The van der Waals surface area contributed by atoms with E-state index >= 15 is 0 Å². The number of hydrogen-bond acceptors (Lipinski definition) is 1. The van der Waals surface area contributed by atoms with Gasteiger partial charge in [0.05, 0.1) is 6.04 Å². The molecule has 0 radical (unpaired) electrons. The van der Waals surface area contributed by atoms with E-state index in [-0.39, 0.29) is 6.04 Å². The van der Waals surface area contributed by atoms with Crippen LogP contribution in [0.5, 0.6) is 0 Å². The second kappa shape index (κ2) is 5.32. The first kappa shape index (κ1) is 11.5. The van der Waals surface area contributed by atoms with Crippen molar-refractivity contribution in [3.8, 4) is 0 Å². The summed E-state index contributed by atoms with van der Waals surface area (Å²) < 4.78 is 1.15. The smallest absolute Gasteiger partial charge is 0.0506 e. The Labute approximate surface area is 94.3 Å². The van der Waals surface area contributed by atoms with Gasteiger partial charge in [-0.15, -0.1) is 6.58 Å². The van der Waals surface area contributed by atoms with E-state index < -0.39 is 0 Å². The van der Waals surface area contributed by atoms with Crippen molar-refractivity contribution in [3.05, 3.63) is 46.5 Å². The molecule has 1 unspecified atom stereocenters. The molecule has 0 saturated heterocycles. The van der Waals surface area contributed by atoms with Crippen LogP contribution in [-0.4, -0.2) is 6.54 Å². The van der Waals surface area contributed by atoms with Crippen molar-refractivity contribution in [2.24, 2.45) is 0 Å². The molecule has 0 amide bonds. The van der Waals surface area contributed by atoms with E-state index in [4.69, 9.17) is 0 Å². The largest absolute Gasteiger partial charge is 0.307 e. The van der Waals surface area contributed by atoms with Crippen LogP contribution < -0.4 is 5.32 Å². The highest BCUT2D eigenvalue weighted by atomic mass is 79.9. The maximum Gasteiger partial charge on any atom is 0.0506 e. The molecule has 0 spiro atoms. The second-order valence-electron chi connectivity index (χ2n) is 3.23. The molecule has 1 N–H and O–H groups in total. The van der Waals surface area contributed by atoms with Crippen molar-refractivity contribution in [3.63, 3.8) is 0 Å². The van der Waals surface area contributed by atoms with Crippen LogP contribution in [0.4, 0.5) is 0 Å². The van der Waals surface area contributed by atoms with Gasteiger partial charge in [-0.25, -0.2) is 0 Å². The van der Waals surface area contributed by atoms with Gasteiger partial charge in [0, 0.05) is 4.47 Å². The molecule has 0 fully saturated rings. The van der Waals surface area contributed by atoms with Gasteiger partial charge in [-0.05, 0) is 30.7 Å². The van der Waals surface area contributed by atoms with Crippen LogP contribution in [0, 0.1) is 6.92 Å². The van der Waals surface area contributed by atoms with Gasteiger partial charge in [-0.3, -0.25) is 0 Å². The Morgan fingerprint density at radius 1 is 1.57 bits per heavy atom. The van der Waals surface area contributed by atoms with Gasteiger partial charge in [0.1, 0.15) is 0 Å². The van der Waals surface area contributed by atoms with Gasteiger partial charge >= 0.3 is 0 Å². The number of benzene rings is 1. The lowest BCUT2D eigenvalue weighted by molar-refractivity contribution is 0.646. The molecule has 0 bridgehead atoms. The monoisotopic (exact) mass is 253 g/mol. The minimum Gasteiger partial charge on any atom is -0.307 e. The van der Waals surface area contributed by atoms with Gasteiger partial charge < -0.3 is 5.32 Å². The van der Waals surface area contributed by atoms with Gasteiger partial charge in [-0.1, -0.05) is 41.1 Å². The zero-order chi connectivity index (χ0) is 10.6. The number of hydrogen-bond donors (Lipinski definition) is 1. The van der Waals surface area contributed by atoms with Gasteiger partial charge in [-0.2, -0.15) is 0 Å². The topological polar surface area (TPSA) is 12.0 Å². The first-order valence-corrected chi connectivity index (χ1v) is 5.61. The van der Waals surface area contributed by atoms with Crippen LogP contribution in [0.2, 0.25) is 0 Å². The Morgan fingerprint density at radius 3 is 2.86 bits per heavy atom. The van der Waals surface area contributed by atoms with Crippen molar-refractivity contribution in [1.82, 2.24) is 5.32 Å². The molecule has 0 aromatic heterocycles. The first-order valence-electron chi connectivity index (χ1n) is 4.81. The van der Waals surface area contributed by atoms with Crippen molar-refractivity contribution in [1.29, 1.82) is 0 Å². The Bertz CT molecular complexity index is 320. The predicted octanol–water partition coefficient (Wildman–Crippen LogP) is 3.59. The molecule has 0 aliphatic heterocycles. The molecule has 0 aliphatic rings. The minimum absolute atomic E-state index is 0.248. The fourth-order valence-corrected chi connectivity index (χ4v) is 1.88. The Kier molecular flexibility index (Phi) is 4.36. The molecule has 1 aromatic carbocycles. The second-order valence-corrected chi connectivity index (χ2v) is 4.08. The highest BCUT2D eigenvalue weighted by Gasteiger charge is 2.09. The summed E-state index contributed by atoms with van der Waals surface area (Å²) in [5.74, 6) is 0. The van der Waals surface area contributed by atoms with Crippen molar-refractivity contribution < 1.29 is 0 Å². The molecule has 76 valence electrons. The molecule has 1 rings (SSSR count). The standard InChI is InChI=1S/C12H16BrN/c1-4-12(14-5-2)10-7-6-8-11(13)9(10)3/h4,6-8,12,14H,1,5H2,2-3H3. The third-order valence-corrected chi connectivity index (χ3v) is 3.16. The maximum absolute atomic E-state index is 3.85. The zero-order valence-electron chi connectivity index (χ0n) is 8.68. The minimum atomic E-state index is 0.248. The molecule has 1 nitrogen and oxygen atoms in total. The quantitative estimate of drug-likeness (QED) is 0.809. The molecular weight excluding hydrogens is 238 g/mol.